The van der Waals surface area contributed by atoms with E-state index in [-0.39, 0.29) is 6.04 Å². The highest BCUT2D eigenvalue weighted by Gasteiger charge is 2.45. The first-order chi connectivity index (χ1) is 9.58. The smallest absolute Gasteiger partial charge is 0.236 e. The summed E-state index contributed by atoms with van der Waals surface area (Å²) in [6.45, 7) is 4.52. The maximum atomic E-state index is 12.5. The third-order valence-electron chi connectivity index (χ3n) is 4.44. The number of sulfonamides is 1. The molecule has 2 saturated heterocycles. The number of hydrogen-bond donors (Lipinski definition) is 1. The molecule has 0 saturated carbocycles. The first kappa shape index (κ1) is 13.8. The van der Waals surface area contributed by atoms with Gasteiger partial charge in [0.2, 0.25) is 10.0 Å². The average molecular weight is 292 g/mol. The molecule has 3 unspecified atom stereocenters. The Balaban J connectivity index is 1.78. The van der Waals surface area contributed by atoms with Crippen molar-refractivity contribution in [3.8, 4) is 0 Å². The standard InChI is InChI=1S/C15H20N2O2S/c1-12-15-10-16-9-14(15)11-17(12)20(18,19)8-7-13-5-3-2-4-6-13/h2-8,12,14-16H,9-11H2,1H3. The van der Waals surface area contributed by atoms with Crippen LogP contribution < -0.4 is 5.32 Å². The van der Waals surface area contributed by atoms with Gasteiger partial charge in [-0.1, -0.05) is 30.3 Å². The second-order valence-electron chi connectivity index (χ2n) is 5.65. The van der Waals surface area contributed by atoms with Gasteiger partial charge < -0.3 is 5.32 Å². The Morgan fingerprint density at radius 1 is 1.25 bits per heavy atom. The Morgan fingerprint density at radius 2 is 2.00 bits per heavy atom. The highest BCUT2D eigenvalue weighted by Crippen LogP contribution is 2.34. The van der Waals surface area contributed by atoms with E-state index in [1.807, 2.05) is 37.3 Å². The van der Waals surface area contributed by atoms with Crippen molar-refractivity contribution in [1.82, 2.24) is 9.62 Å². The van der Waals surface area contributed by atoms with Crippen LogP contribution in [0.4, 0.5) is 0 Å². The van der Waals surface area contributed by atoms with E-state index in [1.54, 1.807) is 10.4 Å². The Bertz CT molecular complexity index is 598. The monoisotopic (exact) mass is 292 g/mol. The maximum Gasteiger partial charge on any atom is 0.236 e. The van der Waals surface area contributed by atoms with Gasteiger partial charge in [-0.05, 0) is 43.5 Å². The normalized spacial score (nSPS) is 30.9. The zero-order chi connectivity index (χ0) is 14.2. The van der Waals surface area contributed by atoms with Gasteiger partial charge >= 0.3 is 0 Å². The largest absolute Gasteiger partial charge is 0.316 e. The first-order valence-electron chi connectivity index (χ1n) is 7.03. The molecule has 0 amide bonds. The van der Waals surface area contributed by atoms with Crippen LogP contribution in [0.1, 0.15) is 12.5 Å². The number of rotatable bonds is 3. The van der Waals surface area contributed by atoms with Crippen LogP contribution >= 0.6 is 0 Å². The van der Waals surface area contributed by atoms with Crippen LogP contribution in [0.3, 0.4) is 0 Å². The van der Waals surface area contributed by atoms with Crippen molar-refractivity contribution in [2.45, 2.75) is 13.0 Å². The van der Waals surface area contributed by atoms with Gasteiger partial charge in [-0.25, -0.2) is 8.42 Å². The molecule has 0 radical (unpaired) electrons. The zero-order valence-electron chi connectivity index (χ0n) is 11.6. The molecule has 2 aliphatic rings. The van der Waals surface area contributed by atoms with E-state index in [4.69, 9.17) is 0 Å². The summed E-state index contributed by atoms with van der Waals surface area (Å²) in [6, 6.07) is 9.61. The van der Waals surface area contributed by atoms with Gasteiger partial charge in [0.25, 0.3) is 0 Å². The lowest BCUT2D eigenvalue weighted by atomic mass is 9.95. The van der Waals surface area contributed by atoms with Gasteiger partial charge in [-0.3, -0.25) is 0 Å². The van der Waals surface area contributed by atoms with Crippen molar-refractivity contribution in [3.05, 3.63) is 41.3 Å². The fraction of sp³-hybridized carbons (Fsp3) is 0.467. The lowest BCUT2D eigenvalue weighted by Gasteiger charge is -2.22. The summed E-state index contributed by atoms with van der Waals surface area (Å²) < 4.78 is 26.6. The van der Waals surface area contributed by atoms with E-state index >= 15 is 0 Å². The molecule has 2 aliphatic heterocycles. The van der Waals surface area contributed by atoms with Gasteiger partial charge in [0.15, 0.2) is 0 Å². The van der Waals surface area contributed by atoms with Crippen molar-refractivity contribution in [1.29, 1.82) is 0 Å². The summed E-state index contributed by atoms with van der Waals surface area (Å²) in [5.41, 5.74) is 0.907. The number of fused-ring (bicyclic) bond motifs is 1. The summed E-state index contributed by atoms with van der Waals surface area (Å²) in [5, 5.41) is 4.69. The zero-order valence-corrected chi connectivity index (χ0v) is 12.4. The van der Waals surface area contributed by atoms with E-state index in [1.165, 1.54) is 5.41 Å². The molecule has 20 heavy (non-hydrogen) atoms. The molecule has 0 aromatic heterocycles. The minimum absolute atomic E-state index is 0.0837. The molecule has 4 nitrogen and oxygen atoms in total. The molecule has 2 fully saturated rings. The van der Waals surface area contributed by atoms with Crippen LogP contribution in [0.5, 0.6) is 0 Å². The summed E-state index contributed by atoms with van der Waals surface area (Å²) in [5.74, 6) is 0.916. The van der Waals surface area contributed by atoms with Crippen LogP contribution in [-0.2, 0) is 10.0 Å². The Morgan fingerprint density at radius 3 is 2.70 bits per heavy atom. The quantitative estimate of drug-likeness (QED) is 0.919. The molecule has 1 aromatic rings. The molecule has 1 N–H and O–H groups in total. The molecular weight excluding hydrogens is 272 g/mol. The van der Waals surface area contributed by atoms with E-state index in [0.717, 1.165) is 18.7 Å². The van der Waals surface area contributed by atoms with Crippen molar-refractivity contribution in [3.63, 3.8) is 0 Å². The molecule has 108 valence electrons. The molecule has 0 spiro atoms. The van der Waals surface area contributed by atoms with Crippen LogP contribution in [-0.4, -0.2) is 38.4 Å². The van der Waals surface area contributed by atoms with Gasteiger partial charge in [-0.15, -0.1) is 0 Å². The van der Waals surface area contributed by atoms with E-state index in [2.05, 4.69) is 5.32 Å². The SMILES string of the molecule is CC1C2CNCC2CN1S(=O)(=O)C=Cc1ccccc1. The predicted molar refractivity (Wildman–Crippen MR) is 80.4 cm³/mol. The number of benzene rings is 1. The summed E-state index contributed by atoms with van der Waals surface area (Å²) >= 11 is 0. The predicted octanol–water partition coefficient (Wildman–Crippen LogP) is 1.53. The number of nitrogens with zero attached hydrogens (tertiary/aromatic N) is 1. The Hall–Kier alpha value is -1.17. The Kier molecular flexibility index (Phi) is 3.67. The third kappa shape index (κ3) is 2.53. The van der Waals surface area contributed by atoms with Crippen LogP contribution in [0, 0.1) is 11.8 Å². The average Bonchev–Trinajstić information content (AvgIpc) is 3.02. The highest BCUT2D eigenvalue weighted by atomic mass is 32.2. The fourth-order valence-electron chi connectivity index (χ4n) is 3.27. The third-order valence-corrected chi connectivity index (χ3v) is 6.05. The van der Waals surface area contributed by atoms with Gasteiger partial charge in [0.1, 0.15) is 0 Å². The second kappa shape index (κ2) is 5.31. The first-order valence-corrected chi connectivity index (χ1v) is 8.54. The molecule has 3 atom stereocenters. The lowest BCUT2D eigenvalue weighted by Crippen LogP contribution is -2.36. The minimum Gasteiger partial charge on any atom is -0.316 e. The highest BCUT2D eigenvalue weighted by molar-refractivity contribution is 7.92. The lowest BCUT2D eigenvalue weighted by molar-refractivity contribution is 0.364. The molecule has 0 bridgehead atoms. The molecule has 1 aromatic carbocycles. The van der Waals surface area contributed by atoms with Gasteiger partial charge in [-0.2, -0.15) is 4.31 Å². The van der Waals surface area contributed by atoms with E-state index < -0.39 is 10.0 Å². The molecule has 3 rings (SSSR count). The van der Waals surface area contributed by atoms with Crippen LogP contribution in [0.25, 0.3) is 6.08 Å². The van der Waals surface area contributed by atoms with Gasteiger partial charge in [0.05, 0.1) is 0 Å². The van der Waals surface area contributed by atoms with Crippen LogP contribution in [0.15, 0.2) is 35.7 Å². The second-order valence-corrected chi connectivity index (χ2v) is 7.42. The fourth-order valence-corrected chi connectivity index (χ4v) is 4.78. The Labute approximate surface area is 120 Å². The van der Waals surface area contributed by atoms with Crippen molar-refractivity contribution >= 4 is 16.1 Å². The number of nitrogens with one attached hydrogen (secondary N) is 1. The molecule has 0 aliphatic carbocycles. The van der Waals surface area contributed by atoms with Crippen molar-refractivity contribution < 1.29 is 8.42 Å². The van der Waals surface area contributed by atoms with Crippen molar-refractivity contribution in [2.24, 2.45) is 11.8 Å². The van der Waals surface area contributed by atoms with Crippen LogP contribution in [0.2, 0.25) is 0 Å². The topological polar surface area (TPSA) is 49.4 Å². The maximum absolute atomic E-state index is 12.5. The summed E-state index contributed by atoms with van der Waals surface area (Å²) in [6.07, 6.45) is 1.68. The molecule has 2 heterocycles. The van der Waals surface area contributed by atoms with E-state index in [9.17, 15) is 8.42 Å². The summed E-state index contributed by atoms with van der Waals surface area (Å²) in [4.78, 5) is 0. The molecule has 5 heteroatoms. The summed E-state index contributed by atoms with van der Waals surface area (Å²) in [7, 11) is -3.32. The minimum atomic E-state index is -3.32. The van der Waals surface area contributed by atoms with Crippen molar-refractivity contribution in [2.75, 3.05) is 19.6 Å². The molecular formula is C15H20N2O2S. The number of hydrogen-bond acceptors (Lipinski definition) is 3. The van der Waals surface area contributed by atoms with Gasteiger partial charge in [0, 0.05) is 18.0 Å². The van der Waals surface area contributed by atoms with E-state index in [0.29, 0.717) is 18.4 Å².